The van der Waals surface area contributed by atoms with Gasteiger partial charge in [-0.05, 0) is 18.6 Å². The highest BCUT2D eigenvalue weighted by molar-refractivity contribution is 5.97. The van der Waals surface area contributed by atoms with Crippen molar-refractivity contribution in [2.45, 2.75) is 19.6 Å². The quantitative estimate of drug-likeness (QED) is 0.802. The van der Waals surface area contributed by atoms with E-state index in [0.29, 0.717) is 12.2 Å². The Hall–Kier alpha value is -1.88. The Labute approximate surface area is 99.4 Å². The highest BCUT2D eigenvalue weighted by Gasteiger charge is 2.17. The van der Waals surface area contributed by atoms with Crippen molar-refractivity contribution in [3.63, 3.8) is 0 Å². The van der Waals surface area contributed by atoms with Gasteiger partial charge in [0.25, 0.3) is 5.91 Å². The molecule has 0 aliphatic rings. The second-order valence-electron chi connectivity index (χ2n) is 3.62. The Bertz CT molecular complexity index is 417. The van der Waals surface area contributed by atoms with E-state index in [1.165, 1.54) is 14.0 Å². The fourth-order valence-electron chi connectivity index (χ4n) is 1.36. The van der Waals surface area contributed by atoms with Crippen LogP contribution in [0.4, 0.5) is 0 Å². The van der Waals surface area contributed by atoms with Crippen LogP contribution in [0, 0.1) is 0 Å². The molecule has 0 saturated carbocycles. The Morgan fingerprint density at radius 2 is 2.06 bits per heavy atom. The molecule has 1 amide bonds. The molecule has 17 heavy (non-hydrogen) atoms. The standard InChI is InChI=1S/C12H15NO4/c1-8(12(15)16)13-11(14)10-6-4-3-5-9(10)7-17-2/h3-6,8H,7H2,1-2H3,(H,13,14)(H,15,16)/t8-/m0/s1. The van der Waals surface area contributed by atoms with Gasteiger partial charge in [0.05, 0.1) is 6.61 Å². The molecule has 1 aromatic carbocycles. The number of ether oxygens (including phenoxy) is 1. The maximum absolute atomic E-state index is 11.8. The summed E-state index contributed by atoms with van der Waals surface area (Å²) in [5.74, 6) is -1.48. The fourth-order valence-corrected chi connectivity index (χ4v) is 1.36. The second kappa shape index (κ2) is 6.00. The fraction of sp³-hybridized carbons (Fsp3) is 0.333. The monoisotopic (exact) mass is 237 g/mol. The van der Waals surface area contributed by atoms with E-state index in [9.17, 15) is 9.59 Å². The number of hydrogen-bond donors (Lipinski definition) is 2. The summed E-state index contributed by atoms with van der Waals surface area (Å²) in [7, 11) is 1.54. The van der Waals surface area contributed by atoms with Gasteiger partial charge in [0, 0.05) is 12.7 Å². The summed E-state index contributed by atoms with van der Waals surface area (Å²) in [6, 6.07) is 6.01. The van der Waals surface area contributed by atoms with Crippen LogP contribution in [0.1, 0.15) is 22.8 Å². The van der Waals surface area contributed by atoms with E-state index in [1.807, 2.05) is 0 Å². The minimum atomic E-state index is -1.07. The first kappa shape index (κ1) is 13.2. The van der Waals surface area contributed by atoms with E-state index >= 15 is 0 Å². The summed E-state index contributed by atoms with van der Waals surface area (Å²) in [6.07, 6.45) is 0. The van der Waals surface area contributed by atoms with Crippen LogP contribution in [0.2, 0.25) is 0 Å². The van der Waals surface area contributed by atoms with Gasteiger partial charge in [-0.2, -0.15) is 0 Å². The van der Waals surface area contributed by atoms with E-state index in [-0.39, 0.29) is 0 Å². The molecule has 0 spiro atoms. The van der Waals surface area contributed by atoms with Crippen molar-refractivity contribution in [3.8, 4) is 0 Å². The first-order chi connectivity index (χ1) is 8.06. The molecule has 1 rings (SSSR count). The predicted octanol–water partition coefficient (Wildman–Crippen LogP) is 1.04. The molecule has 0 aliphatic heterocycles. The third-order valence-electron chi connectivity index (χ3n) is 2.28. The summed E-state index contributed by atoms with van der Waals surface area (Å²) >= 11 is 0. The molecule has 0 aliphatic carbocycles. The molecule has 1 aromatic rings. The average molecular weight is 237 g/mol. The van der Waals surface area contributed by atoms with Crippen LogP contribution in [0.25, 0.3) is 0 Å². The van der Waals surface area contributed by atoms with Crippen LogP contribution in [0.15, 0.2) is 24.3 Å². The van der Waals surface area contributed by atoms with Crippen molar-refractivity contribution in [2.75, 3.05) is 7.11 Å². The average Bonchev–Trinajstić information content (AvgIpc) is 2.29. The number of aliphatic carboxylic acids is 1. The van der Waals surface area contributed by atoms with Crippen LogP contribution >= 0.6 is 0 Å². The molecule has 0 aromatic heterocycles. The molecule has 5 nitrogen and oxygen atoms in total. The van der Waals surface area contributed by atoms with E-state index in [0.717, 1.165) is 5.56 Å². The van der Waals surface area contributed by atoms with Crippen LogP contribution in [-0.4, -0.2) is 30.1 Å². The zero-order valence-corrected chi connectivity index (χ0v) is 9.77. The van der Waals surface area contributed by atoms with Gasteiger partial charge in [-0.15, -0.1) is 0 Å². The number of methoxy groups -OCH3 is 1. The van der Waals surface area contributed by atoms with Crippen LogP contribution < -0.4 is 5.32 Å². The van der Waals surface area contributed by atoms with Gasteiger partial charge in [-0.25, -0.2) is 0 Å². The Balaban J connectivity index is 2.84. The van der Waals surface area contributed by atoms with Gasteiger partial charge in [0.1, 0.15) is 6.04 Å². The lowest BCUT2D eigenvalue weighted by atomic mass is 10.1. The number of nitrogens with one attached hydrogen (secondary N) is 1. The molecule has 5 heteroatoms. The molecule has 0 fully saturated rings. The summed E-state index contributed by atoms with van der Waals surface area (Å²) < 4.78 is 4.97. The largest absolute Gasteiger partial charge is 0.480 e. The van der Waals surface area contributed by atoms with Gasteiger partial charge in [0.15, 0.2) is 0 Å². The molecule has 1 atom stereocenters. The maximum atomic E-state index is 11.8. The smallest absolute Gasteiger partial charge is 0.325 e. The SMILES string of the molecule is COCc1ccccc1C(=O)N[C@@H](C)C(=O)O. The number of carbonyl (C=O) groups is 2. The third kappa shape index (κ3) is 3.57. The number of carboxylic acid groups (broad SMARTS) is 1. The number of hydrogen-bond acceptors (Lipinski definition) is 3. The Morgan fingerprint density at radius 1 is 1.41 bits per heavy atom. The van der Waals surface area contributed by atoms with Crippen molar-refractivity contribution < 1.29 is 19.4 Å². The molecule has 0 heterocycles. The van der Waals surface area contributed by atoms with Crippen LogP contribution in [0.5, 0.6) is 0 Å². The number of carbonyl (C=O) groups excluding carboxylic acids is 1. The van der Waals surface area contributed by atoms with E-state index in [2.05, 4.69) is 5.32 Å². The van der Waals surface area contributed by atoms with Crippen molar-refractivity contribution in [1.29, 1.82) is 0 Å². The zero-order valence-electron chi connectivity index (χ0n) is 9.77. The first-order valence-corrected chi connectivity index (χ1v) is 5.16. The first-order valence-electron chi connectivity index (χ1n) is 5.16. The van der Waals surface area contributed by atoms with Gasteiger partial charge in [-0.3, -0.25) is 9.59 Å². The third-order valence-corrected chi connectivity index (χ3v) is 2.28. The van der Waals surface area contributed by atoms with Gasteiger partial charge >= 0.3 is 5.97 Å². The van der Waals surface area contributed by atoms with Crippen molar-refractivity contribution >= 4 is 11.9 Å². The molecule has 92 valence electrons. The Kier molecular flexibility index (Phi) is 4.66. The van der Waals surface area contributed by atoms with E-state index in [4.69, 9.17) is 9.84 Å². The van der Waals surface area contributed by atoms with Crippen molar-refractivity contribution in [2.24, 2.45) is 0 Å². The molecular weight excluding hydrogens is 222 g/mol. The predicted molar refractivity (Wildman–Crippen MR) is 61.7 cm³/mol. The topological polar surface area (TPSA) is 75.6 Å². The zero-order chi connectivity index (χ0) is 12.8. The van der Waals surface area contributed by atoms with Crippen LogP contribution in [0.3, 0.4) is 0 Å². The lowest BCUT2D eigenvalue weighted by Crippen LogP contribution is -2.38. The van der Waals surface area contributed by atoms with Gasteiger partial charge in [0.2, 0.25) is 0 Å². The number of rotatable bonds is 5. The molecule has 0 saturated heterocycles. The summed E-state index contributed by atoms with van der Waals surface area (Å²) in [5.41, 5.74) is 1.16. The van der Waals surface area contributed by atoms with E-state index < -0.39 is 17.9 Å². The minimum absolute atomic E-state index is 0.311. The van der Waals surface area contributed by atoms with Crippen LogP contribution in [-0.2, 0) is 16.1 Å². The lowest BCUT2D eigenvalue weighted by Gasteiger charge is -2.12. The summed E-state index contributed by atoms with van der Waals surface area (Å²) in [5, 5.41) is 11.1. The molecule has 0 radical (unpaired) electrons. The molecule has 2 N–H and O–H groups in total. The lowest BCUT2D eigenvalue weighted by molar-refractivity contribution is -0.138. The summed E-state index contributed by atoms with van der Waals surface area (Å²) in [6.45, 7) is 1.73. The van der Waals surface area contributed by atoms with Crippen molar-refractivity contribution in [1.82, 2.24) is 5.32 Å². The number of amides is 1. The Morgan fingerprint density at radius 3 is 2.65 bits per heavy atom. The highest BCUT2D eigenvalue weighted by Crippen LogP contribution is 2.10. The highest BCUT2D eigenvalue weighted by atomic mass is 16.5. The molecular formula is C12H15NO4. The van der Waals surface area contributed by atoms with Crippen molar-refractivity contribution in [3.05, 3.63) is 35.4 Å². The summed E-state index contributed by atoms with van der Waals surface area (Å²) in [4.78, 5) is 22.5. The maximum Gasteiger partial charge on any atom is 0.325 e. The van der Waals surface area contributed by atoms with Gasteiger partial charge < -0.3 is 15.2 Å². The second-order valence-corrected chi connectivity index (χ2v) is 3.62. The van der Waals surface area contributed by atoms with E-state index in [1.54, 1.807) is 24.3 Å². The normalized spacial score (nSPS) is 11.9. The molecule has 0 bridgehead atoms. The number of carboxylic acids is 1. The van der Waals surface area contributed by atoms with Gasteiger partial charge in [-0.1, -0.05) is 18.2 Å². The minimum Gasteiger partial charge on any atom is -0.480 e. The molecule has 0 unspecified atom stereocenters. The number of benzene rings is 1.